The Morgan fingerprint density at radius 1 is 0.262 bits per heavy atom. The van der Waals surface area contributed by atoms with E-state index in [0.29, 0.717) is 17.5 Å². The zero-order chi connectivity index (χ0) is 42.9. The predicted molar refractivity (Wildman–Crippen MR) is 268 cm³/mol. The summed E-state index contributed by atoms with van der Waals surface area (Å²) in [5, 5.41) is 7.78. The van der Waals surface area contributed by atoms with Crippen molar-refractivity contribution in [3.8, 4) is 67.5 Å². The lowest BCUT2D eigenvalue weighted by Gasteiger charge is -2.34. The minimum absolute atomic E-state index is 0.541. The summed E-state index contributed by atoms with van der Waals surface area (Å²) in [7, 11) is 0. The van der Waals surface area contributed by atoms with Gasteiger partial charge >= 0.3 is 0 Å². The van der Waals surface area contributed by atoms with Gasteiger partial charge in [0.1, 0.15) is 0 Å². The van der Waals surface area contributed by atoms with Crippen LogP contribution in [-0.4, -0.2) is 15.0 Å². The molecular formula is C62H39N3. The summed E-state index contributed by atoms with van der Waals surface area (Å²) in [5.41, 5.74) is 14.6. The van der Waals surface area contributed by atoms with Crippen LogP contribution in [0.25, 0.3) is 99.9 Å². The Balaban J connectivity index is 0.967. The van der Waals surface area contributed by atoms with Gasteiger partial charge < -0.3 is 0 Å². The Morgan fingerprint density at radius 2 is 0.723 bits per heavy atom. The van der Waals surface area contributed by atoms with Gasteiger partial charge in [-0.2, -0.15) is 0 Å². The summed E-state index contributed by atoms with van der Waals surface area (Å²) in [6.45, 7) is 0. The lowest BCUT2D eigenvalue weighted by molar-refractivity contribution is 0.769. The van der Waals surface area contributed by atoms with Crippen molar-refractivity contribution in [2.75, 3.05) is 0 Å². The first-order chi connectivity index (χ1) is 32.2. The van der Waals surface area contributed by atoms with Crippen molar-refractivity contribution < 1.29 is 0 Å². The zero-order valence-electron chi connectivity index (χ0n) is 35.4. The van der Waals surface area contributed by atoms with E-state index >= 15 is 0 Å². The van der Waals surface area contributed by atoms with Gasteiger partial charge in [-0.3, -0.25) is 0 Å². The van der Waals surface area contributed by atoms with E-state index in [9.17, 15) is 0 Å². The van der Waals surface area contributed by atoms with Crippen molar-refractivity contribution >= 4 is 32.3 Å². The number of benzene rings is 11. The first-order valence-electron chi connectivity index (χ1n) is 22.3. The van der Waals surface area contributed by atoms with Gasteiger partial charge in [0.05, 0.1) is 5.41 Å². The predicted octanol–water partition coefficient (Wildman–Crippen LogP) is 15.5. The second kappa shape index (κ2) is 14.8. The van der Waals surface area contributed by atoms with Gasteiger partial charge in [-0.1, -0.05) is 224 Å². The standard InChI is InChI=1S/C62H39N3/c1-5-14-44(15-6-1)59-63-60(45-16-7-2-8-17-45)65-61(64-59)46-28-24-40(25-29-46)47-33-37-55-54(38-47)52-35-32-48(39-56(52)62(55,49-20-9-3-10-21-49)50-22-11-4-12-23-50)51-34-30-43-27-26-41-18-13-19-42-31-36-53(51)58(43)57(41)42/h1-39H. The fourth-order valence-electron chi connectivity index (χ4n) is 10.6. The summed E-state index contributed by atoms with van der Waals surface area (Å²) in [5.74, 6) is 1.94. The monoisotopic (exact) mass is 825 g/mol. The molecule has 0 aliphatic heterocycles. The minimum atomic E-state index is -0.541. The van der Waals surface area contributed by atoms with Crippen LogP contribution < -0.4 is 0 Å². The smallest absolute Gasteiger partial charge is 0.164 e. The molecule has 11 aromatic carbocycles. The maximum atomic E-state index is 4.99. The number of rotatable bonds is 7. The van der Waals surface area contributed by atoms with E-state index < -0.39 is 5.41 Å². The third kappa shape index (κ3) is 5.86. The molecular weight excluding hydrogens is 787 g/mol. The van der Waals surface area contributed by atoms with Gasteiger partial charge in [0.25, 0.3) is 0 Å². The van der Waals surface area contributed by atoms with Gasteiger partial charge in [0, 0.05) is 16.7 Å². The molecule has 65 heavy (non-hydrogen) atoms. The summed E-state index contributed by atoms with van der Waals surface area (Å²) >= 11 is 0. The van der Waals surface area contributed by atoms with Gasteiger partial charge in [0.15, 0.2) is 17.5 Å². The molecule has 13 rings (SSSR count). The number of hydrogen-bond donors (Lipinski definition) is 0. The van der Waals surface area contributed by atoms with Crippen LogP contribution in [0, 0.1) is 0 Å². The van der Waals surface area contributed by atoms with Gasteiger partial charge in [-0.05, 0) is 100 Å². The Kier molecular flexibility index (Phi) is 8.44. The first kappa shape index (κ1) is 37.1. The number of fused-ring (bicyclic) bond motifs is 3. The minimum Gasteiger partial charge on any atom is -0.208 e. The van der Waals surface area contributed by atoms with Crippen LogP contribution in [0.1, 0.15) is 22.3 Å². The van der Waals surface area contributed by atoms with Crippen LogP contribution in [-0.2, 0) is 5.41 Å². The van der Waals surface area contributed by atoms with Crippen LogP contribution in [0.15, 0.2) is 237 Å². The fourth-order valence-corrected chi connectivity index (χ4v) is 10.6. The van der Waals surface area contributed by atoms with Crippen molar-refractivity contribution in [1.29, 1.82) is 0 Å². The van der Waals surface area contributed by atoms with E-state index in [-0.39, 0.29) is 0 Å². The Morgan fingerprint density at radius 3 is 1.32 bits per heavy atom. The van der Waals surface area contributed by atoms with Crippen LogP contribution in [0.2, 0.25) is 0 Å². The van der Waals surface area contributed by atoms with Crippen molar-refractivity contribution in [3.05, 3.63) is 259 Å². The molecule has 0 amide bonds. The van der Waals surface area contributed by atoms with Crippen molar-refractivity contribution in [1.82, 2.24) is 15.0 Å². The maximum absolute atomic E-state index is 4.99. The molecule has 0 fully saturated rings. The highest BCUT2D eigenvalue weighted by molar-refractivity contribution is 6.25. The van der Waals surface area contributed by atoms with E-state index in [0.717, 1.165) is 27.8 Å². The Bertz CT molecular complexity index is 3620. The molecule has 0 bridgehead atoms. The van der Waals surface area contributed by atoms with Crippen molar-refractivity contribution in [2.24, 2.45) is 0 Å². The Hall–Kier alpha value is -8.53. The molecule has 12 aromatic rings. The van der Waals surface area contributed by atoms with Gasteiger partial charge in [-0.15, -0.1) is 0 Å². The normalized spacial score (nSPS) is 12.7. The lowest BCUT2D eigenvalue weighted by atomic mass is 9.67. The zero-order valence-corrected chi connectivity index (χ0v) is 35.4. The fraction of sp³-hybridized carbons (Fsp3) is 0.0161. The average molecular weight is 826 g/mol. The molecule has 0 N–H and O–H groups in total. The summed E-state index contributed by atoms with van der Waals surface area (Å²) < 4.78 is 0. The van der Waals surface area contributed by atoms with E-state index in [2.05, 4.69) is 176 Å². The highest BCUT2D eigenvalue weighted by Crippen LogP contribution is 2.57. The number of hydrogen-bond acceptors (Lipinski definition) is 3. The van der Waals surface area contributed by atoms with Crippen LogP contribution in [0.3, 0.4) is 0 Å². The molecule has 0 radical (unpaired) electrons. The Labute approximate surface area is 377 Å². The first-order valence-corrected chi connectivity index (χ1v) is 22.3. The lowest BCUT2D eigenvalue weighted by Crippen LogP contribution is -2.28. The van der Waals surface area contributed by atoms with Crippen LogP contribution in [0.5, 0.6) is 0 Å². The van der Waals surface area contributed by atoms with Crippen molar-refractivity contribution in [2.45, 2.75) is 5.41 Å². The van der Waals surface area contributed by atoms with Gasteiger partial charge in [-0.25, -0.2) is 15.0 Å². The second-order valence-electron chi connectivity index (χ2n) is 17.1. The van der Waals surface area contributed by atoms with E-state index in [1.54, 1.807) is 0 Å². The highest BCUT2D eigenvalue weighted by atomic mass is 15.0. The molecule has 1 aromatic heterocycles. The molecule has 3 heteroatoms. The maximum Gasteiger partial charge on any atom is 0.164 e. The molecule has 1 heterocycles. The van der Waals surface area contributed by atoms with E-state index in [1.165, 1.54) is 76.8 Å². The number of nitrogens with zero attached hydrogens (tertiary/aromatic N) is 3. The molecule has 1 aliphatic rings. The quantitative estimate of drug-likeness (QED) is 0.150. The molecule has 0 atom stereocenters. The van der Waals surface area contributed by atoms with Gasteiger partial charge in [0.2, 0.25) is 0 Å². The average Bonchev–Trinajstić information content (AvgIpc) is 3.68. The largest absolute Gasteiger partial charge is 0.208 e. The van der Waals surface area contributed by atoms with Crippen LogP contribution >= 0.6 is 0 Å². The highest BCUT2D eigenvalue weighted by Gasteiger charge is 2.46. The third-order valence-electron chi connectivity index (χ3n) is 13.6. The summed E-state index contributed by atoms with van der Waals surface area (Å²) in [6, 6.07) is 85.7. The molecule has 1 aliphatic carbocycles. The SMILES string of the molecule is c1ccc(-c2nc(-c3ccccc3)nc(-c3ccc(-c4ccc5c(c4)-c4ccc(-c6ccc7ccc8cccc9ccc6c7c89)cc4C5(c4ccccc4)c4ccccc4)cc3)n2)cc1. The van der Waals surface area contributed by atoms with E-state index in [1.807, 2.05) is 60.7 Å². The topological polar surface area (TPSA) is 38.7 Å². The summed E-state index contributed by atoms with van der Waals surface area (Å²) in [6.07, 6.45) is 0. The second-order valence-corrected chi connectivity index (χ2v) is 17.1. The summed E-state index contributed by atoms with van der Waals surface area (Å²) in [4.78, 5) is 14.9. The third-order valence-corrected chi connectivity index (χ3v) is 13.6. The molecule has 0 unspecified atom stereocenters. The molecule has 0 saturated carbocycles. The van der Waals surface area contributed by atoms with Crippen LogP contribution in [0.4, 0.5) is 0 Å². The molecule has 0 spiro atoms. The molecule has 0 saturated heterocycles. The van der Waals surface area contributed by atoms with E-state index in [4.69, 9.17) is 15.0 Å². The molecule has 3 nitrogen and oxygen atoms in total. The number of aromatic nitrogens is 3. The van der Waals surface area contributed by atoms with Crippen molar-refractivity contribution in [3.63, 3.8) is 0 Å². The molecule has 302 valence electrons.